The van der Waals surface area contributed by atoms with Gasteiger partial charge in [-0.25, -0.2) is 0 Å². The van der Waals surface area contributed by atoms with Gasteiger partial charge in [0.25, 0.3) is 0 Å². The quantitative estimate of drug-likeness (QED) is 0.528. The second-order valence-corrected chi connectivity index (χ2v) is 7.98. The van der Waals surface area contributed by atoms with E-state index in [1.807, 2.05) is 6.92 Å². The van der Waals surface area contributed by atoms with E-state index in [4.69, 9.17) is 0 Å². The van der Waals surface area contributed by atoms with E-state index in [1.54, 1.807) is 5.57 Å². The van der Waals surface area contributed by atoms with Gasteiger partial charge in [-0.3, -0.25) is 0 Å². The second-order valence-electron chi connectivity index (χ2n) is 7.98. The Morgan fingerprint density at radius 3 is 2.81 bits per heavy atom. The molecule has 2 heteroatoms. The predicted molar refractivity (Wildman–Crippen MR) is 83.3 cm³/mol. The Balaban J connectivity index is 1.79. The van der Waals surface area contributed by atoms with Crippen LogP contribution in [-0.2, 0) is 0 Å². The number of fused-ring (bicyclic) bond motifs is 5. The number of hydrogen-bond donors (Lipinski definition) is 2. The first kappa shape index (κ1) is 13.8. The molecule has 21 heavy (non-hydrogen) atoms. The van der Waals surface area contributed by atoms with Crippen molar-refractivity contribution in [2.75, 3.05) is 0 Å². The lowest BCUT2D eigenvalue weighted by molar-refractivity contribution is -0.218. The molecule has 2 nitrogen and oxygen atoms in total. The third-order valence-electron chi connectivity index (χ3n) is 7.13. The van der Waals surface area contributed by atoms with Crippen LogP contribution in [0.4, 0.5) is 0 Å². The molecule has 2 N–H and O–H groups in total. The Morgan fingerprint density at radius 2 is 2.00 bits per heavy atom. The molecule has 114 valence electrons. The Kier molecular flexibility index (Phi) is 2.70. The standard InChI is InChI=1S/C19H26O2/c1-17-10-4-3-5-13(17)6-7-14-15(17)8-11-18(2)16(14)9-12-19(18,20)21/h4,6,8,10-11,14-16,20-21H,3,5,7,9,12H2,1-2H3/t14-,15-,16+,17+,18+/m1/s1. The fourth-order valence-corrected chi connectivity index (χ4v) is 5.66. The first-order valence-electron chi connectivity index (χ1n) is 8.40. The van der Waals surface area contributed by atoms with Crippen molar-refractivity contribution >= 4 is 0 Å². The molecule has 1 saturated carbocycles. The van der Waals surface area contributed by atoms with Crippen LogP contribution in [0, 0.1) is 28.6 Å². The molecule has 0 aliphatic heterocycles. The summed E-state index contributed by atoms with van der Waals surface area (Å²) in [5, 5.41) is 20.8. The summed E-state index contributed by atoms with van der Waals surface area (Å²) in [6, 6.07) is 0. The van der Waals surface area contributed by atoms with Gasteiger partial charge in [-0.1, -0.05) is 49.8 Å². The van der Waals surface area contributed by atoms with Gasteiger partial charge >= 0.3 is 0 Å². The van der Waals surface area contributed by atoms with Crippen LogP contribution in [0.3, 0.4) is 0 Å². The summed E-state index contributed by atoms with van der Waals surface area (Å²) in [6.45, 7) is 4.41. The van der Waals surface area contributed by atoms with Crippen LogP contribution in [0.15, 0.2) is 36.0 Å². The van der Waals surface area contributed by atoms with E-state index in [0.717, 1.165) is 12.8 Å². The summed E-state index contributed by atoms with van der Waals surface area (Å²) in [6.07, 6.45) is 16.5. The Morgan fingerprint density at radius 1 is 1.19 bits per heavy atom. The van der Waals surface area contributed by atoms with Gasteiger partial charge in [-0.2, -0.15) is 0 Å². The van der Waals surface area contributed by atoms with Gasteiger partial charge in [0.05, 0.1) is 0 Å². The highest BCUT2D eigenvalue weighted by molar-refractivity contribution is 5.35. The summed E-state index contributed by atoms with van der Waals surface area (Å²) in [5.74, 6) is -0.0990. The summed E-state index contributed by atoms with van der Waals surface area (Å²) in [5.41, 5.74) is 1.26. The van der Waals surface area contributed by atoms with Crippen molar-refractivity contribution in [3.63, 3.8) is 0 Å². The SMILES string of the molecule is C[C@]12C=CCCC1=CC[C@@H]1[C@H]2C=C[C@@]2(C)[C@H]1CCC2(O)O. The number of rotatable bonds is 0. The average Bonchev–Trinajstić information content (AvgIpc) is 2.69. The highest BCUT2D eigenvalue weighted by atomic mass is 16.5. The average molecular weight is 286 g/mol. The highest BCUT2D eigenvalue weighted by Crippen LogP contribution is 2.63. The Hall–Kier alpha value is -0.860. The Bertz CT molecular complexity index is 556. The van der Waals surface area contributed by atoms with E-state index >= 15 is 0 Å². The van der Waals surface area contributed by atoms with E-state index in [9.17, 15) is 10.2 Å². The van der Waals surface area contributed by atoms with Crippen molar-refractivity contribution in [3.8, 4) is 0 Å². The molecule has 0 unspecified atom stereocenters. The van der Waals surface area contributed by atoms with Crippen LogP contribution in [-0.4, -0.2) is 16.0 Å². The zero-order chi connectivity index (χ0) is 14.9. The Labute approximate surface area is 127 Å². The fourth-order valence-electron chi connectivity index (χ4n) is 5.66. The van der Waals surface area contributed by atoms with Crippen LogP contribution in [0.2, 0.25) is 0 Å². The topological polar surface area (TPSA) is 40.5 Å². The molecule has 0 aromatic rings. The molecule has 4 aliphatic carbocycles. The zero-order valence-electron chi connectivity index (χ0n) is 13.0. The van der Waals surface area contributed by atoms with Gasteiger partial charge in [0.2, 0.25) is 0 Å². The smallest absolute Gasteiger partial charge is 0.171 e. The van der Waals surface area contributed by atoms with Crippen LogP contribution in [0.5, 0.6) is 0 Å². The molecular formula is C19H26O2. The van der Waals surface area contributed by atoms with Crippen molar-refractivity contribution in [2.45, 2.75) is 51.7 Å². The molecule has 0 radical (unpaired) electrons. The van der Waals surface area contributed by atoms with E-state index in [1.165, 1.54) is 12.8 Å². The minimum atomic E-state index is -1.54. The minimum absolute atomic E-state index is 0.148. The molecule has 0 aromatic heterocycles. The molecule has 0 bridgehead atoms. The van der Waals surface area contributed by atoms with Crippen molar-refractivity contribution in [2.24, 2.45) is 28.6 Å². The van der Waals surface area contributed by atoms with Gasteiger partial charge < -0.3 is 10.2 Å². The lowest BCUT2D eigenvalue weighted by Crippen LogP contribution is -2.51. The van der Waals surface area contributed by atoms with Gasteiger partial charge in [-0.05, 0) is 43.4 Å². The highest BCUT2D eigenvalue weighted by Gasteiger charge is 2.61. The normalized spacial score (nSPS) is 50.1. The molecule has 4 aliphatic rings. The van der Waals surface area contributed by atoms with Crippen LogP contribution < -0.4 is 0 Å². The lowest BCUT2D eigenvalue weighted by atomic mass is 9.51. The van der Waals surface area contributed by atoms with Gasteiger partial charge in [-0.15, -0.1) is 0 Å². The van der Waals surface area contributed by atoms with Crippen molar-refractivity contribution in [1.29, 1.82) is 0 Å². The minimum Gasteiger partial charge on any atom is -0.365 e. The maximum absolute atomic E-state index is 10.4. The monoisotopic (exact) mass is 286 g/mol. The van der Waals surface area contributed by atoms with Gasteiger partial charge in [0.15, 0.2) is 5.79 Å². The molecule has 1 fully saturated rings. The molecule has 0 amide bonds. The molecule has 5 atom stereocenters. The van der Waals surface area contributed by atoms with Crippen molar-refractivity contribution in [1.82, 2.24) is 0 Å². The molecule has 0 aromatic carbocycles. The molecule has 0 heterocycles. The molecule has 4 rings (SSSR count). The number of aliphatic hydroxyl groups is 2. The maximum atomic E-state index is 10.4. The van der Waals surface area contributed by atoms with Crippen LogP contribution in [0.1, 0.15) is 46.0 Å². The molecule has 0 spiro atoms. The third-order valence-corrected chi connectivity index (χ3v) is 7.13. The predicted octanol–water partition coefficient (Wildman–Crippen LogP) is 3.57. The summed E-state index contributed by atoms with van der Waals surface area (Å²) >= 11 is 0. The fraction of sp³-hybridized carbons (Fsp3) is 0.684. The third kappa shape index (κ3) is 1.61. The first-order valence-corrected chi connectivity index (χ1v) is 8.40. The van der Waals surface area contributed by atoms with E-state index in [-0.39, 0.29) is 5.41 Å². The van der Waals surface area contributed by atoms with Crippen molar-refractivity contribution in [3.05, 3.63) is 36.0 Å². The summed E-state index contributed by atoms with van der Waals surface area (Å²) in [4.78, 5) is 0. The first-order chi connectivity index (χ1) is 9.88. The summed E-state index contributed by atoms with van der Waals surface area (Å²) < 4.78 is 0. The molecular weight excluding hydrogens is 260 g/mol. The largest absolute Gasteiger partial charge is 0.365 e. The second kappa shape index (κ2) is 4.11. The van der Waals surface area contributed by atoms with Crippen LogP contribution in [0.25, 0.3) is 0 Å². The van der Waals surface area contributed by atoms with Crippen molar-refractivity contribution < 1.29 is 10.2 Å². The van der Waals surface area contributed by atoms with Gasteiger partial charge in [0, 0.05) is 17.3 Å². The van der Waals surface area contributed by atoms with E-state index in [0.29, 0.717) is 24.2 Å². The number of allylic oxidation sites excluding steroid dienone is 5. The zero-order valence-corrected chi connectivity index (χ0v) is 13.0. The lowest BCUT2D eigenvalue weighted by Gasteiger charge is -2.53. The van der Waals surface area contributed by atoms with E-state index < -0.39 is 11.2 Å². The number of hydrogen-bond acceptors (Lipinski definition) is 2. The van der Waals surface area contributed by atoms with Gasteiger partial charge in [0.1, 0.15) is 0 Å². The molecule has 0 saturated heterocycles. The summed E-state index contributed by atoms with van der Waals surface area (Å²) in [7, 11) is 0. The van der Waals surface area contributed by atoms with Crippen LogP contribution >= 0.6 is 0 Å². The van der Waals surface area contributed by atoms with E-state index in [2.05, 4.69) is 37.3 Å². The maximum Gasteiger partial charge on any atom is 0.171 e.